The number of aliphatic carboxylic acids is 1. The van der Waals surface area contributed by atoms with Gasteiger partial charge < -0.3 is 26.1 Å². The number of aromatic nitrogens is 1. The Hall–Kier alpha value is -4.07. The molecule has 0 radical (unpaired) electrons. The number of carboxylic acid groups (broad SMARTS) is 2. The zero-order chi connectivity index (χ0) is 28.7. The van der Waals surface area contributed by atoms with Crippen LogP contribution < -0.4 is 16.6 Å². The van der Waals surface area contributed by atoms with Crippen molar-refractivity contribution in [3.05, 3.63) is 45.3 Å². The number of thioether (sulfide) groups is 2. The minimum Gasteiger partial charge on any atom is -0.477 e. The molecule has 4 aliphatic heterocycles. The number of hydrazine groups is 2. The molecular weight excluding hydrogens is 586 g/mol. The average molecular weight is 608 g/mol. The Morgan fingerprint density at radius 3 is 2.80 bits per heavy atom. The Morgan fingerprint density at radius 1 is 1.38 bits per heavy atom. The smallest absolute Gasteiger partial charge is 0.427 e. The first-order valence-corrected chi connectivity index (χ1v) is 14.2. The van der Waals surface area contributed by atoms with Crippen LogP contribution in [0.3, 0.4) is 0 Å². The molecule has 0 spiro atoms. The second-order valence-electron chi connectivity index (χ2n) is 8.38. The van der Waals surface area contributed by atoms with E-state index in [1.165, 1.54) is 52.1 Å². The zero-order valence-electron chi connectivity index (χ0n) is 20.7. The predicted molar refractivity (Wildman–Crippen MR) is 146 cm³/mol. The lowest BCUT2D eigenvalue weighted by Gasteiger charge is -2.49. The van der Waals surface area contributed by atoms with Gasteiger partial charge in [0.05, 0.1) is 11.9 Å². The van der Waals surface area contributed by atoms with Crippen molar-refractivity contribution in [2.24, 2.45) is 10.1 Å². The number of amides is 3. The molecule has 0 unspecified atom stereocenters. The van der Waals surface area contributed by atoms with Gasteiger partial charge in [-0.25, -0.2) is 24.6 Å². The number of carboxylic acids is 1. The maximum absolute atomic E-state index is 13.1. The van der Waals surface area contributed by atoms with E-state index in [1.54, 1.807) is 13.0 Å². The molecule has 6 N–H and O–H groups in total. The van der Waals surface area contributed by atoms with Crippen molar-refractivity contribution in [1.82, 2.24) is 30.8 Å². The Morgan fingerprint density at radius 2 is 2.15 bits per heavy atom. The van der Waals surface area contributed by atoms with Crippen LogP contribution in [-0.4, -0.2) is 95.6 Å². The van der Waals surface area contributed by atoms with E-state index < -0.39 is 35.3 Å². The highest BCUT2D eigenvalue weighted by Gasteiger charge is 2.54. The van der Waals surface area contributed by atoms with Gasteiger partial charge in [-0.3, -0.25) is 14.5 Å². The van der Waals surface area contributed by atoms with Crippen LogP contribution in [-0.2, 0) is 19.2 Å². The number of thiazole rings is 1. The molecule has 3 amide bonds. The summed E-state index contributed by atoms with van der Waals surface area (Å²) in [5.74, 6) is -1.52. The van der Waals surface area contributed by atoms with Crippen LogP contribution in [0.4, 0.5) is 9.93 Å². The van der Waals surface area contributed by atoms with Crippen molar-refractivity contribution < 1.29 is 34.2 Å². The van der Waals surface area contributed by atoms with Crippen molar-refractivity contribution >= 4 is 75.4 Å². The fraction of sp³-hybridized carbons (Fsp3) is 0.286. The summed E-state index contributed by atoms with van der Waals surface area (Å²) < 4.78 is 0. The Bertz CT molecular complexity index is 1470. The van der Waals surface area contributed by atoms with E-state index in [1.807, 2.05) is 0 Å². The van der Waals surface area contributed by atoms with E-state index in [2.05, 4.69) is 26.0 Å². The molecular formula is C21H21N9O7S3. The summed E-state index contributed by atoms with van der Waals surface area (Å²) in [6.45, 7) is 1.70. The van der Waals surface area contributed by atoms with Crippen molar-refractivity contribution in [2.75, 3.05) is 24.3 Å². The van der Waals surface area contributed by atoms with Crippen LogP contribution in [0.5, 0.6) is 0 Å². The summed E-state index contributed by atoms with van der Waals surface area (Å²) in [5, 5.41) is 29.5. The summed E-state index contributed by atoms with van der Waals surface area (Å²) in [5.41, 5.74) is 9.25. The topological polar surface area (TPSA) is 215 Å². The average Bonchev–Trinajstić information content (AvgIpc) is 3.55. The van der Waals surface area contributed by atoms with Crippen LogP contribution in [0.15, 0.2) is 49.8 Å². The number of nitrogens with zero attached hydrogens (tertiary/aromatic N) is 6. The monoisotopic (exact) mass is 607 g/mol. The quantitative estimate of drug-likeness (QED) is 0.154. The summed E-state index contributed by atoms with van der Waals surface area (Å²) in [4.78, 5) is 63.8. The molecule has 4 aliphatic rings. The second-order valence-corrected chi connectivity index (χ2v) is 11.4. The molecule has 0 aromatic carbocycles. The maximum atomic E-state index is 13.1. The molecule has 5 heterocycles. The second kappa shape index (κ2) is 10.8. The Kier molecular flexibility index (Phi) is 7.45. The van der Waals surface area contributed by atoms with Gasteiger partial charge in [0.2, 0.25) is 0 Å². The molecule has 5 rings (SSSR count). The largest absolute Gasteiger partial charge is 0.477 e. The highest BCUT2D eigenvalue weighted by molar-refractivity contribution is 8.03. The number of anilines is 1. The summed E-state index contributed by atoms with van der Waals surface area (Å²) in [6.07, 6.45) is 1.87. The van der Waals surface area contributed by atoms with Crippen molar-refractivity contribution in [3.63, 3.8) is 0 Å². The number of amidine groups is 1. The molecule has 0 aliphatic carbocycles. The first kappa shape index (κ1) is 27.5. The van der Waals surface area contributed by atoms with Gasteiger partial charge in [-0.1, -0.05) is 5.16 Å². The highest BCUT2D eigenvalue weighted by Crippen LogP contribution is 2.42. The van der Waals surface area contributed by atoms with Gasteiger partial charge in [0.15, 0.2) is 10.8 Å². The van der Waals surface area contributed by atoms with Crippen LogP contribution in [0.25, 0.3) is 0 Å². The number of nitrogens with two attached hydrogens (primary N) is 1. The Balaban J connectivity index is 1.29. The number of rotatable bonds is 8. The number of oxime groups is 1. The van der Waals surface area contributed by atoms with Gasteiger partial charge >= 0.3 is 12.1 Å². The normalized spacial score (nSPS) is 22.1. The van der Waals surface area contributed by atoms with Gasteiger partial charge in [0.25, 0.3) is 11.8 Å². The van der Waals surface area contributed by atoms with Gasteiger partial charge in [-0.15, -0.1) is 40.4 Å². The third-order valence-electron chi connectivity index (χ3n) is 5.89. The van der Waals surface area contributed by atoms with E-state index in [9.17, 15) is 29.4 Å². The van der Waals surface area contributed by atoms with Crippen molar-refractivity contribution in [2.45, 2.75) is 18.3 Å². The van der Waals surface area contributed by atoms with Gasteiger partial charge in [0, 0.05) is 16.9 Å². The summed E-state index contributed by atoms with van der Waals surface area (Å²) in [6, 6.07) is -0.975. The van der Waals surface area contributed by atoms with E-state index in [0.717, 1.165) is 16.3 Å². The van der Waals surface area contributed by atoms with Gasteiger partial charge in [0.1, 0.15) is 40.8 Å². The third kappa shape index (κ3) is 4.98. The van der Waals surface area contributed by atoms with Gasteiger partial charge in [-0.05, 0) is 18.6 Å². The molecule has 1 aromatic heterocycles. The van der Waals surface area contributed by atoms with Crippen molar-refractivity contribution in [3.8, 4) is 0 Å². The number of fused-ring (bicyclic) bond motifs is 2. The van der Waals surface area contributed by atoms with E-state index in [-0.39, 0.29) is 28.0 Å². The predicted octanol–water partition coefficient (Wildman–Crippen LogP) is 0.378. The zero-order valence-corrected chi connectivity index (χ0v) is 23.2. The minimum atomic E-state index is -1.26. The molecule has 1 aromatic rings. The van der Waals surface area contributed by atoms with Crippen LogP contribution in [0.2, 0.25) is 0 Å². The third-order valence-corrected chi connectivity index (χ3v) is 8.90. The number of aliphatic imine (C=N–C) groups is 1. The molecule has 1 saturated heterocycles. The number of hydrogen-bond donors (Lipinski definition) is 5. The standard InChI is InChI=1S/C21H21N9O7S3/c1-8-23-12(3-10-4-28(21(35)36)27-30(8)10)38-5-9-6-39-18-14(17(32)29(18)15(9)19(33)34)25-16(31)13(26-37-2)11-7-40-20(22)24-11/h3-4,7,14,18,27H,5-6H2,1-2H3,(H2,22,24)(H,25,31)(H,33,34)(H,35,36)/t14-,18-/m1/s1. The molecule has 210 valence electrons. The summed E-state index contributed by atoms with van der Waals surface area (Å²) in [7, 11) is 1.26. The summed E-state index contributed by atoms with van der Waals surface area (Å²) >= 11 is 3.69. The lowest BCUT2D eigenvalue weighted by molar-refractivity contribution is -0.150. The maximum Gasteiger partial charge on any atom is 0.427 e. The lowest BCUT2D eigenvalue weighted by atomic mass is 10.0. The Labute approximate surface area is 238 Å². The minimum absolute atomic E-state index is 0.137. The van der Waals surface area contributed by atoms with E-state index in [0.29, 0.717) is 27.9 Å². The number of hydrogen-bond acceptors (Lipinski definition) is 14. The molecule has 19 heteroatoms. The molecule has 40 heavy (non-hydrogen) atoms. The van der Waals surface area contributed by atoms with Crippen LogP contribution in [0.1, 0.15) is 12.6 Å². The lowest BCUT2D eigenvalue weighted by Crippen LogP contribution is -2.71. The number of carbonyl (C=O) groups is 4. The number of nitrogen functional groups attached to an aromatic ring is 1. The number of allylic oxidation sites excluding steroid dienone is 1. The first-order valence-electron chi connectivity index (χ1n) is 11.3. The SMILES string of the molecule is CON=C(C(=O)N[C@@H]1C(=O)N2C(C(=O)O)=C(CSC3=CC4=CN(C(=O)O)NN4C(C)=N3)CS[C@H]12)c1csc(N)n1. The molecule has 1 fully saturated rings. The number of nitrogens with one attached hydrogen (secondary N) is 2. The van der Waals surface area contributed by atoms with E-state index >= 15 is 0 Å². The highest BCUT2D eigenvalue weighted by atomic mass is 32.2. The molecule has 16 nitrogen and oxygen atoms in total. The van der Waals surface area contributed by atoms with Crippen LogP contribution >= 0.6 is 34.9 Å². The number of carbonyl (C=O) groups excluding carboxylic acids is 2. The fourth-order valence-electron chi connectivity index (χ4n) is 4.14. The number of β-lactam (4-membered cyclic amide) rings is 1. The molecule has 0 bridgehead atoms. The molecule has 2 atom stereocenters. The fourth-order valence-corrected chi connectivity index (χ4v) is 7.13. The first-order chi connectivity index (χ1) is 19.1. The van der Waals surface area contributed by atoms with Crippen LogP contribution in [0, 0.1) is 0 Å². The van der Waals surface area contributed by atoms with Gasteiger partial charge in [-0.2, -0.15) is 5.01 Å². The van der Waals surface area contributed by atoms with Crippen molar-refractivity contribution in [1.29, 1.82) is 0 Å². The molecule has 0 saturated carbocycles. The van der Waals surface area contributed by atoms with E-state index in [4.69, 9.17) is 10.6 Å².